The van der Waals surface area contributed by atoms with Crippen LogP contribution in [0.15, 0.2) is 42.7 Å². The third kappa shape index (κ3) is 5.16. The van der Waals surface area contributed by atoms with Crippen molar-refractivity contribution < 1.29 is 9.59 Å². The van der Waals surface area contributed by atoms with Crippen molar-refractivity contribution in [2.24, 2.45) is 5.73 Å². The summed E-state index contributed by atoms with van der Waals surface area (Å²) in [5, 5.41) is 2.80. The van der Waals surface area contributed by atoms with Crippen LogP contribution in [-0.4, -0.2) is 22.7 Å². The van der Waals surface area contributed by atoms with E-state index < -0.39 is 0 Å². The van der Waals surface area contributed by atoms with E-state index >= 15 is 0 Å². The molecule has 6 heteroatoms. The van der Waals surface area contributed by atoms with E-state index in [1.807, 2.05) is 13.0 Å². The summed E-state index contributed by atoms with van der Waals surface area (Å²) in [5.41, 5.74) is 8.15. The molecule has 0 aliphatic heterocycles. The van der Waals surface area contributed by atoms with Crippen LogP contribution in [0.5, 0.6) is 0 Å². The van der Waals surface area contributed by atoms with Gasteiger partial charge in [-0.1, -0.05) is 12.1 Å². The molecule has 1 aromatic carbocycles. The third-order valence-corrected chi connectivity index (χ3v) is 3.20. The second-order valence-corrected chi connectivity index (χ2v) is 5.33. The fourth-order valence-electron chi connectivity index (χ4n) is 2.06. The summed E-state index contributed by atoms with van der Waals surface area (Å²) in [4.78, 5) is 28.2. The maximum atomic E-state index is 12.4. The Morgan fingerprint density at radius 1 is 1.26 bits per heavy atom. The minimum Gasteiger partial charge on any atom is -0.327 e. The number of nitrogens with one attached hydrogen (secondary N) is 1. The van der Waals surface area contributed by atoms with Gasteiger partial charge in [0.15, 0.2) is 5.78 Å². The molecule has 0 bridgehead atoms. The normalized spacial score (nSPS) is 11.3. The molecule has 1 aromatic heterocycles. The van der Waals surface area contributed by atoms with Crippen LogP contribution >= 0.6 is 12.4 Å². The predicted octanol–water partition coefficient (Wildman–Crippen LogP) is 2.72. The highest BCUT2D eigenvalue weighted by Gasteiger charge is 2.12. The van der Waals surface area contributed by atoms with Gasteiger partial charge >= 0.3 is 0 Å². The van der Waals surface area contributed by atoms with E-state index in [-0.39, 0.29) is 36.6 Å². The first-order chi connectivity index (χ1) is 10.5. The number of aromatic nitrogens is 1. The quantitative estimate of drug-likeness (QED) is 0.824. The number of nitrogens with zero attached hydrogens (tertiary/aromatic N) is 1. The SMILES string of the molecule is Cc1ccc(C(=O)c2cccnc2)cc1NC(=O)CC(C)N.Cl. The largest absolute Gasteiger partial charge is 0.327 e. The number of hydrogen-bond acceptors (Lipinski definition) is 4. The van der Waals surface area contributed by atoms with Gasteiger partial charge in [0, 0.05) is 41.7 Å². The van der Waals surface area contributed by atoms with E-state index in [1.165, 1.54) is 6.20 Å². The topological polar surface area (TPSA) is 85.1 Å². The molecule has 0 aliphatic carbocycles. The zero-order valence-corrected chi connectivity index (χ0v) is 13.9. The minimum atomic E-state index is -0.208. The summed E-state index contributed by atoms with van der Waals surface area (Å²) in [7, 11) is 0. The lowest BCUT2D eigenvalue weighted by Crippen LogP contribution is -2.24. The van der Waals surface area contributed by atoms with Crippen LogP contribution in [0.3, 0.4) is 0 Å². The molecule has 0 spiro atoms. The maximum absolute atomic E-state index is 12.4. The van der Waals surface area contributed by atoms with Crippen molar-refractivity contribution in [3.8, 4) is 0 Å². The van der Waals surface area contributed by atoms with Crippen LogP contribution in [0.2, 0.25) is 0 Å². The number of aryl methyl sites for hydroxylation is 1. The Hall–Kier alpha value is -2.24. The number of pyridine rings is 1. The van der Waals surface area contributed by atoms with Crippen molar-refractivity contribution in [3.63, 3.8) is 0 Å². The van der Waals surface area contributed by atoms with Gasteiger partial charge in [-0.3, -0.25) is 14.6 Å². The van der Waals surface area contributed by atoms with Gasteiger partial charge in [0.2, 0.25) is 5.91 Å². The lowest BCUT2D eigenvalue weighted by molar-refractivity contribution is -0.116. The molecule has 0 saturated heterocycles. The highest BCUT2D eigenvalue weighted by molar-refractivity contribution is 6.09. The van der Waals surface area contributed by atoms with E-state index in [1.54, 1.807) is 37.4 Å². The predicted molar refractivity (Wildman–Crippen MR) is 93.0 cm³/mol. The summed E-state index contributed by atoms with van der Waals surface area (Å²) in [6.45, 7) is 3.65. The van der Waals surface area contributed by atoms with Crippen LogP contribution in [-0.2, 0) is 4.79 Å². The first kappa shape index (κ1) is 18.8. The van der Waals surface area contributed by atoms with Crippen molar-refractivity contribution >= 4 is 29.8 Å². The van der Waals surface area contributed by atoms with E-state index in [9.17, 15) is 9.59 Å². The second-order valence-electron chi connectivity index (χ2n) is 5.33. The van der Waals surface area contributed by atoms with E-state index in [2.05, 4.69) is 10.3 Å². The molecule has 1 amide bonds. The summed E-state index contributed by atoms with van der Waals surface area (Å²) in [5.74, 6) is -0.292. The average molecular weight is 334 g/mol. The zero-order chi connectivity index (χ0) is 16.1. The summed E-state index contributed by atoms with van der Waals surface area (Å²) < 4.78 is 0. The van der Waals surface area contributed by atoms with Crippen molar-refractivity contribution in [1.82, 2.24) is 4.98 Å². The number of amides is 1. The Labute approximate surface area is 141 Å². The van der Waals surface area contributed by atoms with Gasteiger partial charge in [0.25, 0.3) is 0 Å². The zero-order valence-electron chi connectivity index (χ0n) is 13.1. The van der Waals surface area contributed by atoms with Crippen LogP contribution in [0.4, 0.5) is 5.69 Å². The van der Waals surface area contributed by atoms with Crippen LogP contribution in [0.1, 0.15) is 34.8 Å². The lowest BCUT2D eigenvalue weighted by Gasteiger charge is -2.11. The fraction of sp³-hybridized carbons (Fsp3) is 0.235. The first-order valence-corrected chi connectivity index (χ1v) is 7.08. The molecule has 1 heterocycles. The number of carbonyl (C=O) groups excluding carboxylic acids is 2. The molecule has 1 unspecified atom stereocenters. The molecule has 3 N–H and O–H groups in total. The molecule has 0 aliphatic rings. The maximum Gasteiger partial charge on any atom is 0.225 e. The standard InChI is InChI=1S/C17H19N3O2.ClH/c1-11-5-6-13(17(22)14-4-3-7-19-10-14)9-15(11)20-16(21)8-12(2)18;/h3-7,9-10,12H,8,18H2,1-2H3,(H,20,21);1H. The van der Waals surface area contributed by atoms with Crippen molar-refractivity contribution in [2.75, 3.05) is 5.32 Å². The van der Waals surface area contributed by atoms with Crippen molar-refractivity contribution in [2.45, 2.75) is 26.3 Å². The number of nitrogens with two attached hydrogens (primary N) is 1. The molecule has 0 radical (unpaired) electrons. The first-order valence-electron chi connectivity index (χ1n) is 7.08. The summed E-state index contributed by atoms with van der Waals surface area (Å²) in [6, 6.07) is 8.46. The lowest BCUT2D eigenvalue weighted by atomic mass is 10.0. The molecule has 23 heavy (non-hydrogen) atoms. The van der Waals surface area contributed by atoms with Gasteiger partial charge in [0.05, 0.1) is 0 Å². The fourth-order valence-corrected chi connectivity index (χ4v) is 2.06. The molecule has 2 rings (SSSR count). The Morgan fingerprint density at radius 3 is 2.61 bits per heavy atom. The van der Waals surface area contributed by atoms with Gasteiger partial charge in [-0.15, -0.1) is 12.4 Å². The van der Waals surface area contributed by atoms with Gasteiger partial charge in [-0.05, 0) is 37.6 Å². The molecular weight excluding hydrogens is 314 g/mol. The number of hydrogen-bond donors (Lipinski definition) is 2. The Balaban J connectivity index is 0.00000264. The molecule has 1 atom stereocenters. The number of benzene rings is 1. The third-order valence-electron chi connectivity index (χ3n) is 3.20. The van der Waals surface area contributed by atoms with Crippen LogP contribution < -0.4 is 11.1 Å². The Morgan fingerprint density at radius 2 is 2.00 bits per heavy atom. The summed E-state index contributed by atoms with van der Waals surface area (Å²) in [6.07, 6.45) is 3.38. The average Bonchev–Trinajstić information content (AvgIpc) is 2.49. The van der Waals surface area contributed by atoms with E-state index in [4.69, 9.17) is 5.73 Å². The molecule has 2 aromatic rings. The van der Waals surface area contributed by atoms with E-state index in [0.29, 0.717) is 16.8 Å². The number of halogens is 1. The monoisotopic (exact) mass is 333 g/mol. The highest BCUT2D eigenvalue weighted by Crippen LogP contribution is 2.19. The van der Waals surface area contributed by atoms with Crippen LogP contribution in [0.25, 0.3) is 0 Å². The Bertz CT molecular complexity index is 687. The minimum absolute atomic E-state index is 0. The number of ketones is 1. The van der Waals surface area contributed by atoms with Gasteiger partial charge < -0.3 is 11.1 Å². The number of rotatable bonds is 5. The summed E-state index contributed by atoms with van der Waals surface area (Å²) >= 11 is 0. The Kier molecular flexibility index (Phi) is 6.88. The molecule has 122 valence electrons. The molecule has 0 saturated carbocycles. The van der Waals surface area contributed by atoms with Crippen molar-refractivity contribution in [1.29, 1.82) is 0 Å². The second kappa shape index (κ2) is 8.41. The van der Waals surface area contributed by atoms with Gasteiger partial charge in [-0.25, -0.2) is 0 Å². The van der Waals surface area contributed by atoms with Gasteiger partial charge in [0.1, 0.15) is 0 Å². The smallest absolute Gasteiger partial charge is 0.225 e. The van der Waals surface area contributed by atoms with Gasteiger partial charge in [-0.2, -0.15) is 0 Å². The van der Waals surface area contributed by atoms with E-state index in [0.717, 1.165) is 5.56 Å². The molecule has 0 fully saturated rings. The van der Waals surface area contributed by atoms with Crippen molar-refractivity contribution in [3.05, 3.63) is 59.4 Å². The number of anilines is 1. The van der Waals surface area contributed by atoms with Crippen LogP contribution in [0, 0.1) is 6.92 Å². The molecule has 5 nitrogen and oxygen atoms in total. The molecular formula is C17H20ClN3O2. The highest BCUT2D eigenvalue weighted by atomic mass is 35.5. The number of carbonyl (C=O) groups is 2.